The first-order valence-electron chi connectivity index (χ1n) is 7.74. The van der Waals surface area contributed by atoms with E-state index in [2.05, 4.69) is 27.3 Å². The zero-order chi connectivity index (χ0) is 18.1. The first-order chi connectivity index (χ1) is 11.1. The van der Waals surface area contributed by atoms with Crippen molar-refractivity contribution in [2.24, 2.45) is 0 Å². The predicted molar refractivity (Wildman–Crippen MR) is 88.7 cm³/mol. The summed E-state index contributed by atoms with van der Waals surface area (Å²) >= 11 is 0. The van der Waals surface area contributed by atoms with Crippen molar-refractivity contribution in [3.63, 3.8) is 0 Å². The highest BCUT2D eigenvalue weighted by atomic mass is 32.2. The maximum atomic E-state index is 12.8. The fraction of sp³-hybridized carbons (Fsp3) is 0.714. The third kappa shape index (κ3) is 3.48. The maximum Gasteiger partial charge on any atom is 0.270 e. The average Bonchev–Trinajstić information content (AvgIpc) is 2.96. The molecule has 0 spiro atoms. The van der Waals surface area contributed by atoms with Gasteiger partial charge in [0.25, 0.3) is 5.95 Å². The lowest BCUT2D eigenvalue weighted by Crippen LogP contribution is -2.50. The van der Waals surface area contributed by atoms with Gasteiger partial charge in [0.2, 0.25) is 5.91 Å². The number of nitrogens with zero attached hydrogens (tertiary/aromatic N) is 4. The Balaban J connectivity index is 2.15. The summed E-state index contributed by atoms with van der Waals surface area (Å²) < 4.78 is 24.0. The van der Waals surface area contributed by atoms with Crippen LogP contribution in [-0.4, -0.2) is 55.7 Å². The van der Waals surface area contributed by atoms with E-state index in [-0.39, 0.29) is 5.95 Å². The minimum atomic E-state index is -3.74. The Morgan fingerprint density at radius 1 is 1.33 bits per heavy atom. The molecule has 1 fully saturated rings. The standard InChI is InChI=1S/C14H23N5O4S/c1-9(2)19-17-13(16-18-19)15-12(21)14(3,4)24(22,23)11-7-5-10(20)6-8-11/h10-11,20H,1,5-8H2,2-4H3,(H,15,17,21). The number of rotatable bonds is 5. The molecule has 0 unspecified atom stereocenters. The molecule has 1 amide bonds. The van der Waals surface area contributed by atoms with E-state index in [0.717, 1.165) is 4.80 Å². The third-order valence-electron chi connectivity index (χ3n) is 4.32. The zero-order valence-corrected chi connectivity index (χ0v) is 14.9. The number of allylic oxidation sites excluding steroid dienone is 1. The van der Waals surface area contributed by atoms with E-state index in [1.807, 2.05) is 0 Å². The van der Waals surface area contributed by atoms with E-state index in [4.69, 9.17) is 0 Å². The van der Waals surface area contributed by atoms with Crippen molar-refractivity contribution < 1.29 is 18.3 Å². The van der Waals surface area contributed by atoms with Crippen LogP contribution in [0.1, 0.15) is 46.5 Å². The molecule has 1 aliphatic rings. The van der Waals surface area contributed by atoms with Gasteiger partial charge in [-0.1, -0.05) is 11.7 Å². The third-order valence-corrected chi connectivity index (χ3v) is 7.28. The van der Waals surface area contributed by atoms with Crippen molar-refractivity contribution >= 4 is 27.4 Å². The summed E-state index contributed by atoms with van der Waals surface area (Å²) in [6.45, 7) is 8.04. The maximum absolute atomic E-state index is 12.8. The van der Waals surface area contributed by atoms with Crippen LogP contribution in [0.2, 0.25) is 0 Å². The summed E-state index contributed by atoms with van der Waals surface area (Å²) in [5.41, 5.74) is 0.510. The molecule has 1 aromatic heterocycles. The van der Waals surface area contributed by atoms with Crippen LogP contribution in [0.4, 0.5) is 5.95 Å². The van der Waals surface area contributed by atoms with Gasteiger partial charge in [0.1, 0.15) is 4.75 Å². The summed E-state index contributed by atoms with van der Waals surface area (Å²) in [6.07, 6.45) is 1.09. The van der Waals surface area contributed by atoms with Gasteiger partial charge in [-0.25, -0.2) is 8.42 Å². The molecule has 9 nitrogen and oxygen atoms in total. The molecule has 0 radical (unpaired) electrons. The Labute approximate surface area is 141 Å². The second-order valence-electron chi connectivity index (χ2n) is 6.58. The van der Waals surface area contributed by atoms with Crippen LogP contribution >= 0.6 is 0 Å². The van der Waals surface area contributed by atoms with Crippen molar-refractivity contribution in [2.45, 2.75) is 62.6 Å². The Morgan fingerprint density at radius 3 is 2.42 bits per heavy atom. The Morgan fingerprint density at radius 2 is 1.92 bits per heavy atom. The van der Waals surface area contributed by atoms with Crippen molar-refractivity contribution in [3.8, 4) is 0 Å². The summed E-state index contributed by atoms with van der Waals surface area (Å²) in [7, 11) is -3.74. The number of hydrogen-bond acceptors (Lipinski definition) is 7. The summed E-state index contributed by atoms with van der Waals surface area (Å²) in [5, 5.41) is 22.6. The number of hydrogen-bond donors (Lipinski definition) is 2. The summed E-state index contributed by atoms with van der Waals surface area (Å²) in [4.78, 5) is 13.6. The van der Waals surface area contributed by atoms with Crippen LogP contribution < -0.4 is 5.32 Å². The van der Waals surface area contributed by atoms with Gasteiger partial charge in [-0.3, -0.25) is 10.1 Å². The van der Waals surface area contributed by atoms with E-state index >= 15 is 0 Å². The molecule has 0 aliphatic heterocycles. The molecule has 0 bridgehead atoms. The van der Waals surface area contributed by atoms with Gasteiger partial charge in [-0.05, 0) is 51.7 Å². The minimum Gasteiger partial charge on any atom is -0.393 e. The zero-order valence-electron chi connectivity index (χ0n) is 14.1. The highest BCUT2D eigenvalue weighted by Gasteiger charge is 2.47. The first kappa shape index (κ1) is 18.5. The van der Waals surface area contributed by atoms with Crippen LogP contribution in [0.15, 0.2) is 6.58 Å². The molecule has 134 valence electrons. The highest BCUT2D eigenvalue weighted by Crippen LogP contribution is 2.32. The molecule has 1 aromatic rings. The molecule has 1 saturated carbocycles. The first-order valence-corrected chi connectivity index (χ1v) is 9.29. The quantitative estimate of drug-likeness (QED) is 0.790. The molecule has 1 heterocycles. The molecule has 1 aliphatic carbocycles. The summed E-state index contributed by atoms with van der Waals surface area (Å²) in [6, 6.07) is 0. The minimum absolute atomic E-state index is 0.0784. The van der Waals surface area contributed by atoms with Crippen LogP contribution in [0, 0.1) is 0 Å². The molecular weight excluding hydrogens is 334 g/mol. The number of amides is 1. The van der Waals surface area contributed by atoms with Crippen molar-refractivity contribution in [1.29, 1.82) is 0 Å². The van der Waals surface area contributed by atoms with Crippen molar-refractivity contribution in [3.05, 3.63) is 6.58 Å². The van der Waals surface area contributed by atoms with Crippen LogP contribution in [0.3, 0.4) is 0 Å². The fourth-order valence-electron chi connectivity index (χ4n) is 2.58. The van der Waals surface area contributed by atoms with E-state index in [0.29, 0.717) is 31.4 Å². The van der Waals surface area contributed by atoms with E-state index in [1.165, 1.54) is 13.8 Å². The van der Waals surface area contributed by atoms with E-state index in [9.17, 15) is 18.3 Å². The van der Waals surface area contributed by atoms with Crippen molar-refractivity contribution in [1.82, 2.24) is 20.2 Å². The lowest BCUT2D eigenvalue weighted by Gasteiger charge is -2.32. The molecule has 0 atom stereocenters. The van der Waals surface area contributed by atoms with Gasteiger partial charge < -0.3 is 5.11 Å². The van der Waals surface area contributed by atoms with Gasteiger partial charge in [0.15, 0.2) is 9.84 Å². The number of anilines is 1. The molecule has 10 heteroatoms. The number of aliphatic hydroxyl groups is 1. The molecule has 2 rings (SSSR count). The molecule has 0 saturated heterocycles. The monoisotopic (exact) mass is 357 g/mol. The van der Waals surface area contributed by atoms with E-state index in [1.54, 1.807) is 6.92 Å². The number of nitrogens with one attached hydrogen (secondary N) is 1. The number of carbonyl (C=O) groups excluding carboxylic acids is 1. The smallest absolute Gasteiger partial charge is 0.270 e. The SMILES string of the molecule is C=C(C)n1nnc(NC(=O)C(C)(C)S(=O)(=O)C2CCC(O)CC2)n1. The molecule has 24 heavy (non-hydrogen) atoms. The van der Waals surface area contributed by atoms with Crippen LogP contribution in [0.5, 0.6) is 0 Å². The number of aliphatic hydroxyl groups excluding tert-OH is 1. The average molecular weight is 357 g/mol. The van der Waals surface area contributed by atoms with Crippen LogP contribution in [0.25, 0.3) is 5.70 Å². The number of carbonyl (C=O) groups is 1. The van der Waals surface area contributed by atoms with Gasteiger partial charge in [-0.15, -0.1) is 9.90 Å². The van der Waals surface area contributed by atoms with Crippen LogP contribution in [-0.2, 0) is 14.6 Å². The normalized spacial score (nSPS) is 22.2. The van der Waals surface area contributed by atoms with Gasteiger partial charge in [0, 0.05) is 0 Å². The lowest BCUT2D eigenvalue weighted by molar-refractivity contribution is -0.117. The number of aromatic nitrogens is 4. The second-order valence-corrected chi connectivity index (χ2v) is 9.36. The van der Waals surface area contributed by atoms with Gasteiger partial charge in [0.05, 0.1) is 17.1 Å². The molecular formula is C14H23N5O4S. The molecule has 0 aromatic carbocycles. The predicted octanol–water partition coefficient (Wildman–Crippen LogP) is 0.599. The number of tetrazole rings is 1. The lowest BCUT2D eigenvalue weighted by atomic mass is 9.97. The van der Waals surface area contributed by atoms with Gasteiger partial charge in [-0.2, -0.15) is 0 Å². The largest absolute Gasteiger partial charge is 0.393 e. The van der Waals surface area contributed by atoms with Gasteiger partial charge >= 0.3 is 0 Å². The molecule has 2 N–H and O–H groups in total. The fourth-order valence-corrected chi connectivity index (χ4v) is 4.62. The Bertz CT molecular complexity index is 732. The Kier molecular flexibility index (Phi) is 5.09. The number of sulfone groups is 1. The van der Waals surface area contributed by atoms with E-state index < -0.39 is 31.8 Å². The summed E-state index contributed by atoms with van der Waals surface area (Å²) in [5.74, 6) is -0.791. The van der Waals surface area contributed by atoms with Crippen molar-refractivity contribution in [2.75, 3.05) is 5.32 Å². The Hall–Kier alpha value is -1.81. The highest BCUT2D eigenvalue weighted by molar-refractivity contribution is 7.94. The topological polar surface area (TPSA) is 127 Å². The second kappa shape index (κ2) is 6.60.